The van der Waals surface area contributed by atoms with Crippen LogP contribution in [0.2, 0.25) is 0 Å². The highest BCUT2D eigenvalue weighted by molar-refractivity contribution is 7.15. The summed E-state index contributed by atoms with van der Waals surface area (Å²) in [7, 11) is 0. The SMILES string of the molecule is O=C(O)c1cc(=O)n2ccsc2c1. The minimum atomic E-state index is -1.08. The normalized spacial score (nSPS) is 10.5. The molecular formula is C8H5NO3S. The summed E-state index contributed by atoms with van der Waals surface area (Å²) < 4.78 is 1.41. The van der Waals surface area contributed by atoms with Gasteiger partial charge in [0, 0.05) is 17.6 Å². The first kappa shape index (κ1) is 8.00. The van der Waals surface area contributed by atoms with Gasteiger partial charge in [-0.3, -0.25) is 9.20 Å². The summed E-state index contributed by atoms with van der Waals surface area (Å²) in [5, 5.41) is 10.4. The Hall–Kier alpha value is -1.62. The molecule has 0 fully saturated rings. The zero-order valence-corrected chi connectivity index (χ0v) is 7.25. The van der Waals surface area contributed by atoms with E-state index in [4.69, 9.17) is 5.11 Å². The number of hydrogen-bond acceptors (Lipinski definition) is 3. The third-order valence-corrected chi connectivity index (χ3v) is 2.49. The molecule has 0 saturated carbocycles. The van der Waals surface area contributed by atoms with E-state index in [9.17, 15) is 9.59 Å². The maximum atomic E-state index is 11.3. The summed E-state index contributed by atoms with van der Waals surface area (Å²) in [4.78, 5) is 22.5. The Bertz CT molecular complexity index is 525. The molecule has 0 spiro atoms. The second-order valence-electron chi connectivity index (χ2n) is 2.50. The molecule has 2 aromatic heterocycles. The number of rotatable bonds is 1. The predicted molar refractivity (Wildman–Crippen MR) is 48.5 cm³/mol. The van der Waals surface area contributed by atoms with Crippen molar-refractivity contribution in [2.24, 2.45) is 0 Å². The van der Waals surface area contributed by atoms with Crippen LogP contribution in [0.1, 0.15) is 10.4 Å². The van der Waals surface area contributed by atoms with Crippen molar-refractivity contribution in [2.45, 2.75) is 0 Å². The fourth-order valence-corrected chi connectivity index (χ4v) is 1.86. The van der Waals surface area contributed by atoms with Gasteiger partial charge >= 0.3 is 5.97 Å². The largest absolute Gasteiger partial charge is 0.478 e. The Morgan fingerprint density at radius 1 is 1.46 bits per heavy atom. The molecule has 13 heavy (non-hydrogen) atoms. The molecule has 0 atom stereocenters. The lowest BCUT2D eigenvalue weighted by Gasteiger charge is -1.94. The van der Waals surface area contributed by atoms with E-state index in [-0.39, 0.29) is 11.1 Å². The molecule has 4 nitrogen and oxygen atoms in total. The van der Waals surface area contributed by atoms with Crippen molar-refractivity contribution in [3.8, 4) is 0 Å². The van der Waals surface area contributed by atoms with E-state index in [2.05, 4.69) is 0 Å². The number of hydrogen-bond donors (Lipinski definition) is 1. The van der Waals surface area contributed by atoms with Gasteiger partial charge < -0.3 is 5.11 Å². The molecule has 66 valence electrons. The van der Waals surface area contributed by atoms with Gasteiger partial charge in [0.05, 0.1) is 5.56 Å². The Morgan fingerprint density at radius 2 is 2.23 bits per heavy atom. The van der Waals surface area contributed by atoms with Crippen molar-refractivity contribution in [2.75, 3.05) is 0 Å². The van der Waals surface area contributed by atoms with Gasteiger partial charge in [-0.15, -0.1) is 11.3 Å². The summed E-state index contributed by atoms with van der Waals surface area (Å²) >= 11 is 1.33. The summed E-state index contributed by atoms with van der Waals surface area (Å²) in [5.74, 6) is -1.08. The number of thiazole rings is 1. The van der Waals surface area contributed by atoms with E-state index in [1.807, 2.05) is 0 Å². The fraction of sp³-hybridized carbons (Fsp3) is 0. The van der Waals surface area contributed by atoms with Gasteiger partial charge in [-0.2, -0.15) is 0 Å². The average molecular weight is 195 g/mol. The average Bonchev–Trinajstić information content (AvgIpc) is 2.51. The van der Waals surface area contributed by atoms with Gasteiger partial charge in [0.1, 0.15) is 4.83 Å². The van der Waals surface area contributed by atoms with E-state index >= 15 is 0 Å². The van der Waals surface area contributed by atoms with Crippen LogP contribution in [0.5, 0.6) is 0 Å². The van der Waals surface area contributed by atoms with Gasteiger partial charge in [-0.25, -0.2) is 4.79 Å². The molecule has 2 aromatic rings. The van der Waals surface area contributed by atoms with Gasteiger partial charge in [-0.05, 0) is 6.07 Å². The molecule has 1 N–H and O–H groups in total. The first-order chi connectivity index (χ1) is 6.18. The van der Waals surface area contributed by atoms with Crippen LogP contribution >= 0.6 is 11.3 Å². The molecular weight excluding hydrogens is 190 g/mol. The maximum absolute atomic E-state index is 11.3. The third kappa shape index (κ3) is 1.23. The van der Waals surface area contributed by atoms with Crippen molar-refractivity contribution in [3.63, 3.8) is 0 Å². The van der Waals surface area contributed by atoms with Crippen molar-refractivity contribution in [1.29, 1.82) is 0 Å². The zero-order valence-electron chi connectivity index (χ0n) is 6.43. The molecule has 0 aliphatic heterocycles. The lowest BCUT2D eigenvalue weighted by atomic mass is 10.3. The topological polar surface area (TPSA) is 58.8 Å². The molecule has 5 heteroatoms. The highest BCUT2D eigenvalue weighted by atomic mass is 32.1. The van der Waals surface area contributed by atoms with Gasteiger partial charge in [-0.1, -0.05) is 0 Å². The Kier molecular flexibility index (Phi) is 1.66. The lowest BCUT2D eigenvalue weighted by Crippen LogP contribution is -2.12. The number of aromatic nitrogens is 1. The van der Waals surface area contributed by atoms with Crippen molar-refractivity contribution in [1.82, 2.24) is 4.40 Å². The smallest absolute Gasteiger partial charge is 0.335 e. The summed E-state index contributed by atoms with van der Waals surface area (Å²) in [5.41, 5.74) is -0.274. The van der Waals surface area contributed by atoms with Crippen LogP contribution in [0.25, 0.3) is 4.83 Å². The number of pyridine rings is 1. The Labute approximate surface area is 76.7 Å². The monoisotopic (exact) mass is 195 g/mol. The zero-order chi connectivity index (χ0) is 9.42. The first-order valence-electron chi connectivity index (χ1n) is 3.52. The van der Waals surface area contributed by atoms with E-state index in [1.54, 1.807) is 11.6 Å². The molecule has 2 heterocycles. The van der Waals surface area contributed by atoms with Gasteiger partial charge in [0.2, 0.25) is 0 Å². The molecule has 0 saturated heterocycles. The minimum absolute atomic E-state index is 0.0347. The number of carboxylic acids is 1. The molecule has 0 aromatic carbocycles. The quantitative estimate of drug-likeness (QED) is 0.740. The standard InChI is InChI=1S/C8H5NO3S/c10-6-3-5(8(11)12)4-7-9(6)1-2-13-7/h1-4H,(H,11,12). The number of carbonyl (C=O) groups is 1. The van der Waals surface area contributed by atoms with E-state index in [1.165, 1.54) is 21.8 Å². The Morgan fingerprint density at radius 3 is 2.92 bits per heavy atom. The minimum Gasteiger partial charge on any atom is -0.478 e. The van der Waals surface area contributed by atoms with Crippen LogP contribution in [0.3, 0.4) is 0 Å². The van der Waals surface area contributed by atoms with Crippen LogP contribution < -0.4 is 5.56 Å². The van der Waals surface area contributed by atoms with Gasteiger partial charge in [0.25, 0.3) is 5.56 Å². The lowest BCUT2D eigenvalue weighted by molar-refractivity contribution is 0.0697. The molecule has 0 aliphatic carbocycles. The second kappa shape index (κ2) is 2.70. The predicted octanol–water partition coefficient (Wildman–Crippen LogP) is 1.06. The number of aromatic carboxylic acids is 1. The first-order valence-corrected chi connectivity index (χ1v) is 4.39. The molecule has 0 aliphatic rings. The number of fused-ring (bicyclic) bond motifs is 1. The van der Waals surface area contributed by atoms with Gasteiger partial charge in [0.15, 0.2) is 0 Å². The van der Waals surface area contributed by atoms with Crippen LogP contribution in [-0.4, -0.2) is 15.5 Å². The third-order valence-electron chi connectivity index (χ3n) is 1.68. The van der Waals surface area contributed by atoms with Crippen LogP contribution in [0.15, 0.2) is 28.5 Å². The highest BCUT2D eigenvalue weighted by Gasteiger charge is 2.06. The van der Waals surface area contributed by atoms with Crippen LogP contribution in [0, 0.1) is 0 Å². The maximum Gasteiger partial charge on any atom is 0.335 e. The molecule has 2 rings (SSSR count). The van der Waals surface area contributed by atoms with E-state index in [0.717, 1.165) is 6.07 Å². The number of nitrogens with zero attached hydrogens (tertiary/aromatic N) is 1. The molecule has 0 bridgehead atoms. The summed E-state index contributed by atoms with van der Waals surface area (Å²) in [6, 6.07) is 2.59. The second-order valence-corrected chi connectivity index (χ2v) is 3.42. The van der Waals surface area contributed by atoms with Crippen molar-refractivity contribution in [3.05, 3.63) is 39.6 Å². The van der Waals surface area contributed by atoms with Crippen molar-refractivity contribution >= 4 is 22.1 Å². The molecule has 0 unspecified atom stereocenters. The Balaban J connectivity index is 2.85. The van der Waals surface area contributed by atoms with Crippen molar-refractivity contribution < 1.29 is 9.90 Å². The van der Waals surface area contributed by atoms with Crippen LogP contribution in [-0.2, 0) is 0 Å². The molecule has 0 amide bonds. The van der Waals surface area contributed by atoms with E-state index in [0.29, 0.717) is 4.83 Å². The molecule has 0 radical (unpaired) electrons. The highest BCUT2D eigenvalue weighted by Crippen LogP contribution is 2.10. The van der Waals surface area contributed by atoms with E-state index < -0.39 is 5.97 Å². The number of carboxylic acid groups (broad SMARTS) is 1. The summed E-state index contributed by atoms with van der Waals surface area (Å²) in [6.45, 7) is 0. The summed E-state index contributed by atoms with van der Waals surface area (Å²) in [6.07, 6.45) is 1.62. The fourth-order valence-electron chi connectivity index (χ4n) is 1.08. The van der Waals surface area contributed by atoms with Crippen LogP contribution in [0.4, 0.5) is 0 Å².